The Hall–Kier alpha value is -3.15. The van der Waals surface area contributed by atoms with E-state index in [0.717, 1.165) is 0 Å². The van der Waals surface area contributed by atoms with E-state index in [-0.39, 0.29) is 5.91 Å². The molecule has 6 heteroatoms. The number of hydrogen-bond acceptors (Lipinski definition) is 3. The first-order valence-electron chi connectivity index (χ1n) is 8.99. The van der Waals surface area contributed by atoms with Crippen LogP contribution in [0.2, 0.25) is 0 Å². The predicted octanol–water partition coefficient (Wildman–Crippen LogP) is 3.41. The van der Waals surface area contributed by atoms with Crippen molar-refractivity contribution in [3.8, 4) is 0 Å². The molecule has 140 valence electrons. The van der Waals surface area contributed by atoms with Crippen LogP contribution in [0.5, 0.6) is 0 Å². The molecule has 0 radical (unpaired) electrons. The van der Waals surface area contributed by atoms with Gasteiger partial charge in [-0.05, 0) is 67.6 Å². The van der Waals surface area contributed by atoms with E-state index < -0.39 is 17.9 Å². The molecule has 3 N–H and O–H groups in total. The first kappa shape index (κ1) is 18.6. The molecule has 2 aromatic rings. The first-order valence-corrected chi connectivity index (χ1v) is 8.99. The third-order valence-electron chi connectivity index (χ3n) is 4.87. The summed E-state index contributed by atoms with van der Waals surface area (Å²) >= 11 is 0. The summed E-state index contributed by atoms with van der Waals surface area (Å²) in [4.78, 5) is 35.1. The fourth-order valence-corrected chi connectivity index (χ4v) is 2.90. The second-order valence-electron chi connectivity index (χ2n) is 6.81. The van der Waals surface area contributed by atoms with Crippen LogP contribution < -0.4 is 10.6 Å². The van der Waals surface area contributed by atoms with Gasteiger partial charge in [-0.2, -0.15) is 0 Å². The Balaban J connectivity index is 1.59. The topological polar surface area (TPSA) is 95.5 Å². The van der Waals surface area contributed by atoms with E-state index in [1.165, 1.54) is 31.7 Å². The van der Waals surface area contributed by atoms with Gasteiger partial charge < -0.3 is 15.7 Å². The van der Waals surface area contributed by atoms with Gasteiger partial charge in [-0.1, -0.05) is 18.6 Å². The van der Waals surface area contributed by atoms with Crippen LogP contribution in [0.15, 0.2) is 48.5 Å². The normalized spacial score (nSPS) is 14.7. The van der Waals surface area contributed by atoms with Gasteiger partial charge >= 0.3 is 5.97 Å². The van der Waals surface area contributed by atoms with Crippen molar-refractivity contribution in [3.05, 3.63) is 65.2 Å². The summed E-state index contributed by atoms with van der Waals surface area (Å²) in [5.41, 5.74) is 2.75. The molecule has 2 aromatic carbocycles. The Morgan fingerprint density at radius 3 is 2.00 bits per heavy atom. The SMILES string of the molecule is CC(NC(=O)c1ccc(NC(=O)c2ccc(C3CCC3)cc2)cc1)C(=O)O. The molecule has 2 amide bonds. The largest absolute Gasteiger partial charge is 0.480 e. The van der Waals surface area contributed by atoms with Gasteiger partial charge in [0.2, 0.25) is 0 Å². The molecule has 3 rings (SSSR count). The van der Waals surface area contributed by atoms with Gasteiger partial charge in [0, 0.05) is 16.8 Å². The Morgan fingerprint density at radius 1 is 0.926 bits per heavy atom. The van der Waals surface area contributed by atoms with Crippen molar-refractivity contribution < 1.29 is 19.5 Å². The number of nitrogens with one attached hydrogen (secondary N) is 2. The fourth-order valence-electron chi connectivity index (χ4n) is 2.90. The maximum Gasteiger partial charge on any atom is 0.325 e. The monoisotopic (exact) mass is 366 g/mol. The number of amides is 2. The van der Waals surface area contributed by atoms with Crippen molar-refractivity contribution in [2.75, 3.05) is 5.32 Å². The molecule has 1 aliphatic rings. The van der Waals surface area contributed by atoms with E-state index in [4.69, 9.17) is 5.11 Å². The minimum atomic E-state index is -1.10. The second-order valence-corrected chi connectivity index (χ2v) is 6.81. The Morgan fingerprint density at radius 2 is 1.48 bits per heavy atom. The van der Waals surface area contributed by atoms with Crippen LogP contribution >= 0.6 is 0 Å². The van der Waals surface area contributed by atoms with E-state index in [0.29, 0.717) is 22.7 Å². The highest BCUT2D eigenvalue weighted by atomic mass is 16.4. The number of rotatable bonds is 6. The number of carboxylic acids is 1. The van der Waals surface area contributed by atoms with Gasteiger partial charge in [0.05, 0.1) is 0 Å². The second kappa shape index (κ2) is 8.03. The lowest BCUT2D eigenvalue weighted by molar-refractivity contribution is -0.138. The molecule has 0 heterocycles. The first-order chi connectivity index (χ1) is 12.9. The number of carboxylic acid groups (broad SMARTS) is 1. The van der Waals surface area contributed by atoms with Gasteiger partial charge in [-0.15, -0.1) is 0 Å². The van der Waals surface area contributed by atoms with E-state index in [1.54, 1.807) is 24.3 Å². The number of aliphatic carboxylic acids is 1. The van der Waals surface area contributed by atoms with E-state index in [9.17, 15) is 14.4 Å². The van der Waals surface area contributed by atoms with Crippen molar-refractivity contribution in [2.24, 2.45) is 0 Å². The molecule has 1 fully saturated rings. The van der Waals surface area contributed by atoms with Crippen LogP contribution in [-0.4, -0.2) is 28.9 Å². The highest BCUT2D eigenvalue weighted by molar-refractivity contribution is 6.04. The van der Waals surface area contributed by atoms with Crippen molar-refractivity contribution >= 4 is 23.5 Å². The fraction of sp³-hybridized carbons (Fsp3) is 0.286. The summed E-state index contributed by atoms with van der Waals surface area (Å²) in [6.45, 7) is 1.39. The zero-order valence-electron chi connectivity index (χ0n) is 15.1. The van der Waals surface area contributed by atoms with Crippen molar-refractivity contribution in [3.63, 3.8) is 0 Å². The van der Waals surface area contributed by atoms with Gasteiger partial charge in [0.1, 0.15) is 6.04 Å². The maximum absolute atomic E-state index is 12.4. The average molecular weight is 366 g/mol. The summed E-state index contributed by atoms with van der Waals surface area (Å²) in [7, 11) is 0. The van der Waals surface area contributed by atoms with Crippen LogP contribution in [0.1, 0.15) is 58.4 Å². The number of hydrogen-bond donors (Lipinski definition) is 3. The highest BCUT2D eigenvalue weighted by Crippen LogP contribution is 2.36. The highest BCUT2D eigenvalue weighted by Gasteiger charge is 2.19. The summed E-state index contributed by atoms with van der Waals surface area (Å²) in [5.74, 6) is -1.17. The van der Waals surface area contributed by atoms with E-state index in [1.807, 2.05) is 24.3 Å². The van der Waals surface area contributed by atoms with E-state index in [2.05, 4.69) is 10.6 Å². The minimum Gasteiger partial charge on any atom is -0.480 e. The van der Waals surface area contributed by atoms with Gasteiger partial charge in [0.15, 0.2) is 0 Å². The molecule has 0 saturated heterocycles. The summed E-state index contributed by atoms with van der Waals surface area (Å²) < 4.78 is 0. The van der Waals surface area contributed by atoms with Gasteiger partial charge in [0.25, 0.3) is 11.8 Å². The molecule has 6 nitrogen and oxygen atoms in total. The van der Waals surface area contributed by atoms with Crippen LogP contribution in [0.25, 0.3) is 0 Å². The van der Waals surface area contributed by atoms with Crippen LogP contribution in [0, 0.1) is 0 Å². The Labute approximate surface area is 157 Å². The zero-order valence-corrected chi connectivity index (χ0v) is 15.1. The maximum atomic E-state index is 12.4. The van der Waals surface area contributed by atoms with Crippen LogP contribution in [0.3, 0.4) is 0 Å². The quantitative estimate of drug-likeness (QED) is 0.730. The number of anilines is 1. The lowest BCUT2D eigenvalue weighted by atomic mass is 9.80. The number of carbonyl (C=O) groups is 3. The molecule has 0 bridgehead atoms. The Bertz CT molecular complexity index is 839. The molecule has 1 unspecified atom stereocenters. The molecule has 0 aromatic heterocycles. The third-order valence-corrected chi connectivity index (χ3v) is 4.87. The smallest absolute Gasteiger partial charge is 0.325 e. The van der Waals surface area contributed by atoms with Crippen LogP contribution in [-0.2, 0) is 4.79 Å². The molecule has 27 heavy (non-hydrogen) atoms. The Kier molecular flexibility index (Phi) is 5.54. The standard InChI is InChI=1S/C21H22N2O4/c1-13(21(26)27)22-19(24)17-9-11-18(12-10-17)23-20(25)16-7-5-15(6-8-16)14-3-2-4-14/h5-14H,2-4H2,1H3,(H,22,24)(H,23,25)(H,26,27). The third kappa shape index (κ3) is 4.53. The van der Waals surface area contributed by atoms with Gasteiger partial charge in [-0.3, -0.25) is 14.4 Å². The van der Waals surface area contributed by atoms with Crippen molar-refractivity contribution in [1.29, 1.82) is 0 Å². The van der Waals surface area contributed by atoms with Crippen molar-refractivity contribution in [1.82, 2.24) is 5.32 Å². The summed E-state index contributed by atoms with van der Waals surface area (Å²) in [6, 6.07) is 13.0. The summed E-state index contributed by atoms with van der Waals surface area (Å²) in [6.07, 6.45) is 3.71. The van der Waals surface area contributed by atoms with Crippen LogP contribution in [0.4, 0.5) is 5.69 Å². The van der Waals surface area contributed by atoms with Gasteiger partial charge in [-0.25, -0.2) is 0 Å². The number of benzene rings is 2. The molecular formula is C21H22N2O4. The van der Waals surface area contributed by atoms with Crippen molar-refractivity contribution in [2.45, 2.75) is 38.1 Å². The average Bonchev–Trinajstić information content (AvgIpc) is 2.61. The summed E-state index contributed by atoms with van der Waals surface area (Å²) in [5, 5.41) is 14.0. The van der Waals surface area contributed by atoms with E-state index >= 15 is 0 Å². The molecule has 1 atom stereocenters. The lowest BCUT2D eigenvalue weighted by Gasteiger charge is -2.25. The molecule has 0 spiro atoms. The molecule has 1 saturated carbocycles. The lowest BCUT2D eigenvalue weighted by Crippen LogP contribution is -2.38. The molecule has 0 aliphatic heterocycles. The molecule has 1 aliphatic carbocycles. The zero-order chi connectivity index (χ0) is 19.4. The minimum absolute atomic E-state index is 0.216. The predicted molar refractivity (Wildman–Crippen MR) is 102 cm³/mol. The molecular weight excluding hydrogens is 344 g/mol. The number of carbonyl (C=O) groups excluding carboxylic acids is 2.